The van der Waals surface area contributed by atoms with E-state index in [9.17, 15) is 4.79 Å². The van der Waals surface area contributed by atoms with Crippen molar-refractivity contribution in [3.63, 3.8) is 0 Å². The number of nitrogens with one attached hydrogen (secondary N) is 1. The lowest BCUT2D eigenvalue weighted by Gasteiger charge is -2.01. The molecule has 76 valence electrons. The van der Waals surface area contributed by atoms with Crippen LogP contribution < -0.4 is 5.32 Å². The summed E-state index contributed by atoms with van der Waals surface area (Å²) in [4.78, 5) is 10.4. The predicted octanol–water partition coefficient (Wildman–Crippen LogP) is 1.83. The molecule has 0 bridgehead atoms. The Hall–Kier alpha value is -2.37. The van der Waals surface area contributed by atoms with Gasteiger partial charge in [0, 0.05) is 11.3 Å². The highest BCUT2D eigenvalue weighted by Crippen LogP contribution is 2.19. The molecule has 2 aromatic rings. The second-order valence-corrected chi connectivity index (χ2v) is 2.75. The van der Waals surface area contributed by atoms with Crippen LogP contribution in [-0.2, 0) is 0 Å². The Balaban J connectivity index is 2.31. The maximum absolute atomic E-state index is 10.4. The fourth-order valence-corrected chi connectivity index (χ4v) is 1.15. The lowest BCUT2D eigenvalue weighted by atomic mass is 10.2. The number of carbonyl (C=O) groups is 1. The zero-order chi connectivity index (χ0) is 10.7. The zero-order valence-electron chi connectivity index (χ0n) is 7.54. The van der Waals surface area contributed by atoms with Crippen LogP contribution >= 0.6 is 0 Å². The molecule has 1 aromatic carbocycles. The Morgan fingerprint density at radius 3 is 3.00 bits per heavy atom. The Morgan fingerprint density at radius 1 is 1.47 bits per heavy atom. The van der Waals surface area contributed by atoms with Gasteiger partial charge in [0.2, 0.25) is 12.3 Å². The van der Waals surface area contributed by atoms with Crippen LogP contribution in [0.3, 0.4) is 0 Å². The van der Waals surface area contributed by atoms with E-state index in [4.69, 9.17) is 9.52 Å². The zero-order valence-corrected chi connectivity index (χ0v) is 7.54. The molecule has 15 heavy (non-hydrogen) atoms. The van der Waals surface area contributed by atoms with Crippen molar-refractivity contribution in [3.05, 3.63) is 30.7 Å². The number of benzene rings is 1. The van der Waals surface area contributed by atoms with E-state index in [0.717, 1.165) is 0 Å². The van der Waals surface area contributed by atoms with Crippen LogP contribution in [0.15, 0.2) is 35.1 Å². The van der Waals surface area contributed by atoms with E-state index in [0.29, 0.717) is 17.1 Å². The lowest BCUT2D eigenvalue weighted by molar-refractivity contribution is 0.210. The van der Waals surface area contributed by atoms with Crippen LogP contribution in [0.4, 0.5) is 10.5 Å². The molecule has 1 amide bonds. The Kier molecular flexibility index (Phi) is 2.32. The maximum Gasteiger partial charge on any atom is 0.409 e. The molecule has 1 aromatic heterocycles. The number of aromatic nitrogens is 2. The first-order valence-electron chi connectivity index (χ1n) is 4.12. The van der Waals surface area contributed by atoms with Gasteiger partial charge in [-0.15, -0.1) is 10.2 Å². The molecule has 0 aliphatic carbocycles. The predicted molar refractivity (Wildman–Crippen MR) is 51.4 cm³/mol. The molecular weight excluding hydrogens is 198 g/mol. The summed E-state index contributed by atoms with van der Waals surface area (Å²) in [5.41, 5.74) is 1.12. The first kappa shape index (κ1) is 9.20. The minimum Gasteiger partial charge on any atom is -0.465 e. The fourth-order valence-electron chi connectivity index (χ4n) is 1.15. The van der Waals surface area contributed by atoms with Gasteiger partial charge in [0.15, 0.2) is 0 Å². The molecule has 1 heterocycles. The number of carboxylic acid groups (broad SMARTS) is 1. The van der Waals surface area contributed by atoms with Crippen molar-refractivity contribution >= 4 is 11.8 Å². The molecule has 0 atom stereocenters. The van der Waals surface area contributed by atoms with Crippen LogP contribution in [0.1, 0.15) is 0 Å². The molecule has 6 heteroatoms. The van der Waals surface area contributed by atoms with E-state index in [1.54, 1.807) is 24.3 Å². The molecule has 6 nitrogen and oxygen atoms in total. The normalized spacial score (nSPS) is 9.87. The summed E-state index contributed by atoms with van der Waals surface area (Å²) in [7, 11) is 0. The number of hydrogen-bond donors (Lipinski definition) is 2. The molecule has 0 unspecified atom stereocenters. The van der Waals surface area contributed by atoms with Crippen molar-refractivity contribution in [1.82, 2.24) is 10.2 Å². The molecule has 2 N–H and O–H groups in total. The molecule has 0 spiro atoms. The third kappa shape index (κ3) is 2.11. The summed E-state index contributed by atoms with van der Waals surface area (Å²) < 4.78 is 4.98. The first-order valence-corrected chi connectivity index (χ1v) is 4.12. The summed E-state index contributed by atoms with van der Waals surface area (Å²) in [5, 5.41) is 18.0. The Bertz CT molecular complexity index is 467. The number of amides is 1. The molecule has 0 radical (unpaired) electrons. The summed E-state index contributed by atoms with van der Waals surface area (Å²) in [5.74, 6) is 0.351. The third-order valence-corrected chi connectivity index (χ3v) is 1.72. The van der Waals surface area contributed by atoms with Crippen LogP contribution in [0, 0.1) is 0 Å². The van der Waals surface area contributed by atoms with Gasteiger partial charge in [0.25, 0.3) is 0 Å². The van der Waals surface area contributed by atoms with Gasteiger partial charge in [-0.05, 0) is 18.2 Å². The number of rotatable bonds is 2. The number of anilines is 1. The molecule has 0 fully saturated rings. The van der Waals surface area contributed by atoms with Gasteiger partial charge < -0.3 is 9.52 Å². The Morgan fingerprint density at radius 2 is 2.33 bits per heavy atom. The third-order valence-electron chi connectivity index (χ3n) is 1.72. The van der Waals surface area contributed by atoms with Gasteiger partial charge in [-0.2, -0.15) is 0 Å². The van der Waals surface area contributed by atoms with E-state index >= 15 is 0 Å². The lowest BCUT2D eigenvalue weighted by Crippen LogP contribution is -2.06. The fraction of sp³-hybridized carbons (Fsp3) is 0. The number of nitrogens with zero attached hydrogens (tertiary/aromatic N) is 2. The van der Waals surface area contributed by atoms with Crippen molar-refractivity contribution in [1.29, 1.82) is 0 Å². The van der Waals surface area contributed by atoms with Crippen molar-refractivity contribution < 1.29 is 14.3 Å². The Labute approximate surface area is 84.6 Å². The summed E-state index contributed by atoms with van der Waals surface area (Å²) in [6.45, 7) is 0. The van der Waals surface area contributed by atoms with Gasteiger partial charge in [-0.1, -0.05) is 6.07 Å². The SMILES string of the molecule is O=C(O)Nc1cccc(-c2nnco2)c1. The van der Waals surface area contributed by atoms with Gasteiger partial charge >= 0.3 is 6.09 Å². The molecular formula is C9H7N3O3. The van der Waals surface area contributed by atoms with Crippen LogP contribution in [-0.4, -0.2) is 21.4 Å². The van der Waals surface area contributed by atoms with Crippen molar-refractivity contribution in [2.45, 2.75) is 0 Å². The minimum atomic E-state index is -1.11. The standard InChI is InChI=1S/C9H7N3O3/c13-9(14)11-7-3-1-2-6(4-7)8-12-10-5-15-8/h1-5,11H,(H,13,14). The van der Waals surface area contributed by atoms with E-state index in [-0.39, 0.29) is 0 Å². The topological polar surface area (TPSA) is 88.2 Å². The van der Waals surface area contributed by atoms with E-state index < -0.39 is 6.09 Å². The smallest absolute Gasteiger partial charge is 0.409 e. The quantitative estimate of drug-likeness (QED) is 0.780. The van der Waals surface area contributed by atoms with Crippen LogP contribution in [0.5, 0.6) is 0 Å². The van der Waals surface area contributed by atoms with Crippen molar-refractivity contribution in [2.24, 2.45) is 0 Å². The van der Waals surface area contributed by atoms with Crippen molar-refractivity contribution in [3.8, 4) is 11.5 Å². The van der Waals surface area contributed by atoms with Crippen LogP contribution in [0.2, 0.25) is 0 Å². The minimum absolute atomic E-state index is 0.351. The largest absolute Gasteiger partial charge is 0.465 e. The summed E-state index contributed by atoms with van der Waals surface area (Å²) >= 11 is 0. The monoisotopic (exact) mass is 205 g/mol. The molecule has 0 saturated heterocycles. The summed E-state index contributed by atoms with van der Waals surface area (Å²) in [6.07, 6.45) is 0.102. The second-order valence-electron chi connectivity index (χ2n) is 2.75. The molecule has 2 rings (SSSR count). The highest BCUT2D eigenvalue weighted by Gasteiger charge is 2.04. The van der Waals surface area contributed by atoms with Gasteiger partial charge in [-0.3, -0.25) is 5.32 Å². The van der Waals surface area contributed by atoms with Gasteiger partial charge in [-0.25, -0.2) is 4.79 Å². The average molecular weight is 205 g/mol. The molecule has 0 aliphatic rings. The highest BCUT2D eigenvalue weighted by molar-refractivity contribution is 5.83. The average Bonchev–Trinajstić information content (AvgIpc) is 2.69. The maximum atomic E-state index is 10.4. The second kappa shape index (κ2) is 3.79. The van der Waals surface area contributed by atoms with Gasteiger partial charge in [0.05, 0.1) is 0 Å². The summed E-state index contributed by atoms with van der Waals surface area (Å²) in [6, 6.07) is 6.70. The number of hydrogen-bond acceptors (Lipinski definition) is 4. The van der Waals surface area contributed by atoms with E-state index in [2.05, 4.69) is 15.5 Å². The van der Waals surface area contributed by atoms with Gasteiger partial charge in [0.1, 0.15) is 0 Å². The van der Waals surface area contributed by atoms with Crippen LogP contribution in [0.25, 0.3) is 11.5 Å². The van der Waals surface area contributed by atoms with E-state index in [1.165, 1.54) is 6.39 Å². The molecule has 0 saturated carbocycles. The first-order chi connectivity index (χ1) is 7.25. The molecule has 0 aliphatic heterocycles. The van der Waals surface area contributed by atoms with E-state index in [1.807, 2.05) is 0 Å². The highest BCUT2D eigenvalue weighted by atomic mass is 16.4. The van der Waals surface area contributed by atoms with Crippen molar-refractivity contribution in [2.75, 3.05) is 5.32 Å².